The summed E-state index contributed by atoms with van der Waals surface area (Å²) in [6.45, 7) is 5.35. The van der Waals surface area contributed by atoms with E-state index in [0.717, 1.165) is 38.5 Å². The average Bonchev–Trinajstić information content (AvgIpc) is 2.73. The molecule has 1 aromatic heterocycles. The van der Waals surface area contributed by atoms with Crippen LogP contribution in [0.3, 0.4) is 0 Å². The molecule has 0 aromatic carbocycles. The summed E-state index contributed by atoms with van der Waals surface area (Å²) in [6, 6.07) is 0. The van der Waals surface area contributed by atoms with Crippen LogP contribution in [0.2, 0.25) is 0 Å². The second-order valence-corrected chi connectivity index (χ2v) is 4.89. The second kappa shape index (κ2) is 4.14. The zero-order valence-corrected chi connectivity index (χ0v) is 9.82. The Morgan fingerprint density at radius 3 is 2.81 bits per heavy atom. The number of piperidine rings is 1. The molecule has 1 fully saturated rings. The summed E-state index contributed by atoms with van der Waals surface area (Å²) >= 11 is 0. The molecule has 0 aliphatic carbocycles. The number of nitrogens with zero attached hydrogens (tertiary/aromatic N) is 4. The standard InChI is InChI=1S/C11H19N5/c1-15-6-7-16-10(8-15)13-14-11(16)9-2-4-12-5-3-9/h9,12H,2-8H2,1H3. The van der Waals surface area contributed by atoms with Crippen LogP contribution in [0.1, 0.15) is 30.4 Å². The van der Waals surface area contributed by atoms with Gasteiger partial charge >= 0.3 is 0 Å². The number of nitrogens with one attached hydrogen (secondary N) is 1. The number of fused-ring (bicyclic) bond motifs is 1. The van der Waals surface area contributed by atoms with Gasteiger partial charge in [-0.15, -0.1) is 10.2 Å². The molecule has 88 valence electrons. The van der Waals surface area contributed by atoms with Gasteiger partial charge in [0.15, 0.2) is 0 Å². The third-order valence-electron chi connectivity index (χ3n) is 3.68. The molecule has 2 aliphatic heterocycles. The van der Waals surface area contributed by atoms with E-state index in [0.29, 0.717) is 5.92 Å². The summed E-state index contributed by atoms with van der Waals surface area (Å²) in [7, 11) is 2.14. The van der Waals surface area contributed by atoms with Gasteiger partial charge in [-0.3, -0.25) is 4.90 Å². The highest BCUT2D eigenvalue weighted by molar-refractivity contribution is 5.05. The molecule has 3 heterocycles. The Hall–Kier alpha value is -0.940. The van der Waals surface area contributed by atoms with Gasteiger partial charge in [0.2, 0.25) is 0 Å². The minimum absolute atomic E-state index is 0.617. The van der Waals surface area contributed by atoms with Gasteiger partial charge in [0, 0.05) is 19.0 Å². The molecule has 2 aliphatic rings. The summed E-state index contributed by atoms with van der Waals surface area (Å²) in [5.41, 5.74) is 0. The highest BCUT2D eigenvalue weighted by Crippen LogP contribution is 2.25. The third-order valence-corrected chi connectivity index (χ3v) is 3.68. The maximum absolute atomic E-state index is 4.41. The largest absolute Gasteiger partial charge is 0.317 e. The molecule has 5 nitrogen and oxygen atoms in total. The fourth-order valence-electron chi connectivity index (χ4n) is 2.68. The van der Waals surface area contributed by atoms with Crippen LogP contribution >= 0.6 is 0 Å². The Bertz CT molecular complexity index is 366. The minimum atomic E-state index is 0.617. The van der Waals surface area contributed by atoms with Gasteiger partial charge < -0.3 is 9.88 Å². The first-order valence-electron chi connectivity index (χ1n) is 6.16. The SMILES string of the molecule is CN1CCn2c(nnc2C2CCNCC2)C1. The van der Waals surface area contributed by atoms with E-state index in [1.54, 1.807) is 0 Å². The second-order valence-electron chi connectivity index (χ2n) is 4.89. The summed E-state index contributed by atoms with van der Waals surface area (Å²) < 4.78 is 2.34. The van der Waals surface area contributed by atoms with Crippen molar-refractivity contribution in [1.82, 2.24) is 25.0 Å². The normalized spacial score (nSPS) is 23.3. The van der Waals surface area contributed by atoms with Crippen LogP contribution < -0.4 is 5.32 Å². The average molecular weight is 221 g/mol. The molecule has 0 atom stereocenters. The molecule has 0 saturated carbocycles. The van der Waals surface area contributed by atoms with Crippen LogP contribution in [-0.2, 0) is 13.1 Å². The molecule has 1 saturated heterocycles. The van der Waals surface area contributed by atoms with E-state index in [9.17, 15) is 0 Å². The summed E-state index contributed by atoms with van der Waals surface area (Å²) in [6.07, 6.45) is 2.40. The van der Waals surface area contributed by atoms with Gasteiger partial charge in [0.05, 0.1) is 6.54 Å². The van der Waals surface area contributed by atoms with Crippen molar-refractivity contribution in [2.45, 2.75) is 31.8 Å². The zero-order valence-electron chi connectivity index (χ0n) is 9.82. The first-order valence-corrected chi connectivity index (χ1v) is 6.16. The predicted octanol–water partition coefficient (Wildman–Crippen LogP) is 0.190. The van der Waals surface area contributed by atoms with E-state index >= 15 is 0 Å². The molecule has 0 bridgehead atoms. The van der Waals surface area contributed by atoms with E-state index in [2.05, 4.69) is 32.0 Å². The number of rotatable bonds is 1. The number of likely N-dealkylation sites (N-methyl/N-ethyl adjacent to an activating group) is 1. The molecular weight excluding hydrogens is 202 g/mol. The van der Waals surface area contributed by atoms with Crippen molar-refractivity contribution in [3.63, 3.8) is 0 Å². The van der Waals surface area contributed by atoms with Crippen molar-refractivity contribution in [1.29, 1.82) is 0 Å². The van der Waals surface area contributed by atoms with E-state index < -0.39 is 0 Å². The molecule has 1 N–H and O–H groups in total. The number of aromatic nitrogens is 3. The van der Waals surface area contributed by atoms with E-state index in [1.165, 1.54) is 18.7 Å². The van der Waals surface area contributed by atoms with Crippen LogP contribution in [-0.4, -0.2) is 46.3 Å². The lowest BCUT2D eigenvalue weighted by Crippen LogP contribution is -2.33. The topological polar surface area (TPSA) is 46.0 Å². The summed E-state index contributed by atoms with van der Waals surface area (Å²) in [5, 5.41) is 12.1. The first-order chi connectivity index (χ1) is 7.84. The van der Waals surface area contributed by atoms with Crippen molar-refractivity contribution in [3.05, 3.63) is 11.6 Å². The van der Waals surface area contributed by atoms with E-state index in [4.69, 9.17) is 0 Å². The molecule has 0 radical (unpaired) electrons. The lowest BCUT2D eigenvalue weighted by Gasteiger charge is -2.27. The Labute approximate surface area is 95.8 Å². The van der Waals surface area contributed by atoms with Crippen molar-refractivity contribution < 1.29 is 0 Å². The van der Waals surface area contributed by atoms with Gasteiger partial charge in [0.1, 0.15) is 11.6 Å². The molecule has 5 heteroatoms. The Morgan fingerprint density at radius 2 is 2.00 bits per heavy atom. The fraction of sp³-hybridized carbons (Fsp3) is 0.818. The van der Waals surface area contributed by atoms with Crippen LogP contribution in [0, 0.1) is 0 Å². The number of hydrogen-bond acceptors (Lipinski definition) is 4. The predicted molar refractivity (Wildman–Crippen MR) is 61.2 cm³/mol. The van der Waals surface area contributed by atoms with Crippen LogP contribution in [0.4, 0.5) is 0 Å². The molecular formula is C11H19N5. The monoisotopic (exact) mass is 221 g/mol. The Morgan fingerprint density at radius 1 is 1.19 bits per heavy atom. The van der Waals surface area contributed by atoms with Gasteiger partial charge in [-0.05, 0) is 33.0 Å². The maximum atomic E-state index is 4.41. The zero-order chi connectivity index (χ0) is 11.0. The minimum Gasteiger partial charge on any atom is -0.317 e. The molecule has 3 rings (SSSR count). The van der Waals surface area contributed by atoms with Crippen molar-refractivity contribution in [3.8, 4) is 0 Å². The quantitative estimate of drug-likeness (QED) is 0.735. The lowest BCUT2D eigenvalue weighted by atomic mass is 9.97. The first kappa shape index (κ1) is 10.2. The third kappa shape index (κ3) is 1.74. The highest BCUT2D eigenvalue weighted by Gasteiger charge is 2.25. The molecule has 0 unspecified atom stereocenters. The van der Waals surface area contributed by atoms with Gasteiger partial charge in [0.25, 0.3) is 0 Å². The van der Waals surface area contributed by atoms with Crippen molar-refractivity contribution >= 4 is 0 Å². The highest BCUT2D eigenvalue weighted by atomic mass is 15.3. The van der Waals surface area contributed by atoms with Crippen LogP contribution in [0.5, 0.6) is 0 Å². The van der Waals surface area contributed by atoms with Gasteiger partial charge in [-0.25, -0.2) is 0 Å². The summed E-state index contributed by atoms with van der Waals surface area (Å²) in [5.74, 6) is 2.98. The van der Waals surface area contributed by atoms with E-state index in [1.807, 2.05) is 0 Å². The molecule has 0 spiro atoms. The van der Waals surface area contributed by atoms with Gasteiger partial charge in [-0.1, -0.05) is 0 Å². The van der Waals surface area contributed by atoms with Crippen molar-refractivity contribution in [2.75, 3.05) is 26.7 Å². The van der Waals surface area contributed by atoms with Crippen LogP contribution in [0.25, 0.3) is 0 Å². The Kier molecular flexibility index (Phi) is 2.65. The molecule has 16 heavy (non-hydrogen) atoms. The van der Waals surface area contributed by atoms with Crippen molar-refractivity contribution in [2.24, 2.45) is 0 Å². The van der Waals surface area contributed by atoms with Gasteiger partial charge in [-0.2, -0.15) is 0 Å². The lowest BCUT2D eigenvalue weighted by molar-refractivity contribution is 0.259. The molecule has 0 amide bonds. The Balaban J connectivity index is 1.85. The smallest absolute Gasteiger partial charge is 0.147 e. The number of hydrogen-bond donors (Lipinski definition) is 1. The van der Waals surface area contributed by atoms with E-state index in [-0.39, 0.29) is 0 Å². The maximum Gasteiger partial charge on any atom is 0.147 e. The van der Waals surface area contributed by atoms with Crippen LogP contribution in [0.15, 0.2) is 0 Å². The fourth-order valence-corrected chi connectivity index (χ4v) is 2.68. The molecule has 1 aromatic rings. The summed E-state index contributed by atoms with van der Waals surface area (Å²) in [4.78, 5) is 2.30.